The quantitative estimate of drug-likeness (QED) is 0.578. The van der Waals surface area contributed by atoms with E-state index in [-0.39, 0.29) is 24.5 Å². The number of aromatic nitrogens is 3. The number of nitrogens with one attached hydrogen (secondary N) is 1. The molecule has 2 atom stereocenters. The molecule has 0 aliphatic carbocycles. The van der Waals surface area contributed by atoms with Gasteiger partial charge in [0.1, 0.15) is 17.4 Å². The van der Waals surface area contributed by atoms with Crippen LogP contribution in [0.1, 0.15) is 35.3 Å². The zero-order valence-electron chi connectivity index (χ0n) is 20.0. The van der Waals surface area contributed by atoms with Gasteiger partial charge >= 0.3 is 0 Å². The second-order valence-corrected chi connectivity index (χ2v) is 9.33. The van der Waals surface area contributed by atoms with Crippen LogP contribution in [0.5, 0.6) is 5.75 Å². The SMILES string of the molecule is CCN1CCN(c2cc3c(cc2NC(=O)c2cnn4cc(C)cnc24)CC(C(C)CO)O3)CC1. The summed E-state index contributed by atoms with van der Waals surface area (Å²) < 4.78 is 7.83. The van der Waals surface area contributed by atoms with Crippen molar-refractivity contribution in [2.75, 3.05) is 49.5 Å². The number of benzene rings is 1. The highest BCUT2D eigenvalue weighted by atomic mass is 16.5. The van der Waals surface area contributed by atoms with Gasteiger partial charge in [-0.3, -0.25) is 4.79 Å². The highest BCUT2D eigenvalue weighted by molar-refractivity contribution is 6.09. The molecule has 1 fully saturated rings. The summed E-state index contributed by atoms with van der Waals surface area (Å²) in [6, 6.07) is 4.08. The van der Waals surface area contributed by atoms with Gasteiger partial charge in [0.25, 0.3) is 5.91 Å². The van der Waals surface area contributed by atoms with Gasteiger partial charge in [-0.25, -0.2) is 9.50 Å². The van der Waals surface area contributed by atoms with E-state index in [0.717, 1.165) is 61.0 Å². The number of hydrogen-bond donors (Lipinski definition) is 2. The fourth-order valence-corrected chi connectivity index (χ4v) is 4.72. The average Bonchev–Trinajstić information content (AvgIpc) is 3.46. The van der Waals surface area contributed by atoms with E-state index in [1.165, 1.54) is 0 Å². The number of carbonyl (C=O) groups excluding carboxylic acids is 1. The standard InChI is InChI=1S/C25H32N6O3/c1-4-29-5-7-30(8-6-29)21-11-23-18(10-22(34-23)17(3)15-32)9-20(21)28-25(33)19-13-27-31-14-16(2)12-26-24(19)31/h9,11-14,17,22,32H,4-8,10,15H2,1-3H3,(H,28,33). The minimum atomic E-state index is -0.237. The Labute approximate surface area is 199 Å². The first-order valence-electron chi connectivity index (χ1n) is 12.0. The molecule has 2 aromatic heterocycles. The van der Waals surface area contributed by atoms with Crippen molar-refractivity contribution < 1.29 is 14.6 Å². The van der Waals surface area contributed by atoms with E-state index in [9.17, 15) is 9.90 Å². The third-order valence-electron chi connectivity index (χ3n) is 6.94. The van der Waals surface area contributed by atoms with Crippen molar-refractivity contribution in [2.45, 2.75) is 33.3 Å². The van der Waals surface area contributed by atoms with Gasteiger partial charge in [0.15, 0.2) is 5.65 Å². The Bertz CT molecular complexity index is 1200. The first kappa shape index (κ1) is 22.6. The fraction of sp³-hybridized carbons (Fsp3) is 0.480. The molecule has 1 amide bonds. The second-order valence-electron chi connectivity index (χ2n) is 9.33. The third kappa shape index (κ3) is 4.21. The fourth-order valence-electron chi connectivity index (χ4n) is 4.72. The number of carbonyl (C=O) groups is 1. The molecule has 3 aromatic rings. The predicted molar refractivity (Wildman–Crippen MR) is 131 cm³/mol. The lowest BCUT2D eigenvalue weighted by atomic mass is 10.00. The highest BCUT2D eigenvalue weighted by Gasteiger charge is 2.30. The van der Waals surface area contributed by atoms with Crippen molar-refractivity contribution in [1.82, 2.24) is 19.5 Å². The summed E-state index contributed by atoms with van der Waals surface area (Å²) >= 11 is 0. The number of piperazine rings is 1. The Morgan fingerprint density at radius 1 is 1.26 bits per heavy atom. The molecule has 2 unspecified atom stereocenters. The van der Waals surface area contributed by atoms with Crippen molar-refractivity contribution >= 4 is 22.9 Å². The van der Waals surface area contributed by atoms with Gasteiger partial charge in [0.05, 0.1) is 17.6 Å². The molecule has 9 heteroatoms. The van der Waals surface area contributed by atoms with Crippen molar-refractivity contribution in [3.8, 4) is 5.75 Å². The van der Waals surface area contributed by atoms with Crippen molar-refractivity contribution in [2.24, 2.45) is 5.92 Å². The minimum Gasteiger partial charge on any atom is -0.489 e. The van der Waals surface area contributed by atoms with Crippen LogP contribution in [0.15, 0.2) is 30.7 Å². The lowest BCUT2D eigenvalue weighted by Crippen LogP contribution is -2.46. The minimum absolute atomic E-state index is 0.0373. The number of nitrogens with zero attached hydrogens (tertiary/aromatic N) is 5. The van der Waals surface area contributed by atoms with Gasteiger partial charge in [-0.1, -0.05) is 13.8 Å². The molecule has 0 radical (unpaired) electrons. The molecule has 180 valence electrons. The maximum Gasteiger partial charge on any atom is 0.261 e. The van der Waals surface area contributed by atoms with Gasteiger partial charge < -0.3 is 25.0 Å². The molecule has 2 aliphatic heterocycles. The van der Waals surface area contributed by atoms with Crippen LogP contribution in [0.25, 0.3) is 5.65 Å². The smallest absolute Gasteiger partial charge is 0.261 e. The van der Waals surface area contributed by atoms with E-state index in [1.807, 2.05) is 32.2 Å². The van der Waals surface area contributed by atoms with Crippen LogP contribution in [-0.2, 0) is 6.42 Å². The molecule has 9 nitrogen and oxygen atoms in total. The average molecular weight is 465 g/mol. The Kier molecular flexibility index (Phi) is 6.14. The molecule has 2 aliphatic rings. The molecular formula is C25H32N6O3. The number of aliphatic hydroxyl groups excluding tert-OH is 1. The van der Waals surface area contributed by atoms with E-state index in [4.69, 9.17) is 4.74 Å². The Morgan fingerprint density at radius 2 is 2.06 bits per heavy atom. The zero-order valence-corrected chi connectivity index (χ0v) is 20.0. The number of likely N-dealkylation sites (N-methyl/N-ethyl adjacent to an activating group) is 1. The number of hydrogen-bond acceptors (Lipinski definition) is 7. The Morgan fingerprint density at radius 3 is 2.79 bits per heavy atom. The molecule has 34 heavy (non-hydrogen) atoms. The third-order valence-corrected chi connectivity index (χ3v) is 6.94. The molecule has 2 N–H and O–H groups in total. The summed E-state index contributed by atoms with van der Waals surface area (Å²) in [5.41, 5.74) is 4.71. The maximum atomic E-state index is 13.3. The largest absolute Gasteiger partial charge is 0.489 e. The molecule has 1 saturated heterocycles. The molecule has 5 rings (SSSR count). The molecule has 0 bridgehead atoms. The summed E-state index contributed by atoms with van der Waals surface area (Å²) in [5, 5.41) is 17.0. The highest BCUT2D eigenvalue weighted by Crippen LogP contribution is 2.40. The van der Waals surface area contributed by atoms with Gasteiger partial charge in [0.2, 0.25) is 0 Å². The molecule has 0 spiro atoms. The van der Waals surface area contributed by atoms with Gasteiger partial charge in [0, 0.05) is 69.1 Å². The topological polar surface area (TPSA) is 95.2 Å². The van der Waals surface area contributed by atoms with Crippen LogP contribution in [0.4, 0.5) is 11.4 Å². The van der Waals surface area contributed by atoms with Gasteiger partial charge in [-0.2, -0.15) is 5.10 Å². The number of aliphatic hydroxyl groups is 1. The summed E-state index contributed by atoms with van der Waals surface area (Å²) in [4.78, 5) is 22.5. The number of anilines is 2. The van der Waals surface area contributed by atoms with Crippen molar-refractivity contribution in [3.05, 3.63) is 47.4 Å². The van der Waals surface area contributed by atoms with Crippen LogP contribution >= 0.6 is 0 Å². The normalized spacial score (nSPS) is 19.2. The zero-order chi connectivity index (χ0) is 23.8. The van der Waals surface area contributed by atoms with Crippen LogP contribution < -0.4 is 15.0 Å². The van der Waals surface area contributed by atoms with Gasteiger partial charge in [-0.05, 0) is 25.1 Å². The van der Waals surface area contributed by atoms with Crippen molar-refractivity contribution in [3.63, 3.8) is 0 Å². The number of amides is 1. The summed E-state index contributed by atoms with van der Waals surface area (Å²) in [5.74, 6) is 0.638. The van der Waals surface area contributed by atoms with E-state index in [2.05, 4.69) is 32.1 Å². The van der Waals surface area contributed by atoms with Gasteiger partial charge in [-0.15, -0.1) is 0 Å². The number of rotatable bonds is 6. The summed E-state index contributed by atoms with van der Waals surface area (Å²) in [6.07, 6.45) is 5.80. The Balaban J connectivity index is 1.47. The van der Waals surface area contributed by atoms with E-state index in [0.29, 0.717) is 17.6 Å². The first-order chi connectivity index (χ1) is 16.5. The van der Waals surface area contributed by atoms with Crippen LogP contribution in [0.3, 0.4) is 0 Å². The summed E-state index contributed by atoms with van der Waals surface area (Å²) in [7, 11) is 0. The monoisotopic (exact) mass is 464 g/mol. The van der Waals surface area contributed by atoms with E-state index >= 15 is 0 Å². The molecule has 0 saturated carbocycles. The van der Waals surface area contributed by atoms with Crippen LogP contribution in [0, 0.1) is 12.8 Å². The van der Waals surface area contributed by atoms with Crippen LogP contribution in [-0.4, -0.2) is 75.9 Å². The Hall–Kier alpha value is -3.17. The van der Waals surface area contributed by atoms with E-state index < -0.39 is 0 Å². The van der Waals surface area contributed by atoms with Crippen molar-refractivity contribution in [1.29, 1.82) is 0 Å². The number of ether oxygens (including phenoxy) is 1. The second kappa shape index (κ2) is 9.23. The lowest BCUT2D eigenvalue weighted by Gasteiger charge is -2.36. The predicted octanol–water partition coefficient (Wildman–Crippen LogP) is 2.36. The van der Waals surface area contributed by atoms with E-state index in [1.54, 1.807) is 16.9 Å². The molecular weight excluding hydrogens is 432 g/mol. The number of fused-ring (bicyclic) bond motifs is 2. The molecule has 4 heterocycles. The molecule has 1 aromatic carbocycles. The number of aryl methyl sites for hydroxylation is 1. The van der Waals surface area contributed by atoms with Crippen LogP contribution in [0.2, 0.25) is 0 Å². The maximum absolute atomic E-state index is 13.3. The summed E-state index contributed by atoms with van der Waals surface area (Å²) in [6.45, 7) is 10.9. The lowest BCUT2D eigenvalue weighted by molar-refractivity contribution is 0.102. The first-order valence-corrected chi connectivity index (χ1v) is 12.0.